The molecule has 1 atom stereocenters. The number of carbonyl (C=O) groups excluding carboxylic acids is 1. The van der Waals surface area contributed by atoms with Gasteiger partial charge in [-0.05, 0) is 18.2 Å². The van der Waals surface area contributed by atoms with Crippen LogP contribution in [0.25, 0.3) is 11.1 Å². The van der Waals surface area contributed by atoms with Gasteiger partial charge in [0, 0.05) is 6.20 Å². The highest BCUT2D eigenvalue weighted by atomic mass is 19.3. The van der Waals surface area contributed by atoms with E-state index in [9.17, 15) is 13.6 Å². The molecule has 5 rings (SSSR count). The molecule has 0 saturated heterocycles. The van der Waals surface area contributed by atoms with Gasteiger partial charge in [-0.15, -0.1) is 0 Å². The zero-order valence-corrected chi connectivity index (χ0v) is 13.7. The fraction of sp³-hybridized carbons (Fsp3) is 0.176. The van der Waals surface area contributed by atoms with Gasteiger partial charge >= 0.3 is 6.55 Å². The Morgan fingerprint density at radius 1 is 1.30 bits per heavy atom. The van der Waals surface area contributed by atoms with Crippen molar-refractivity contribution in [2.24, 2.45) is 0 Å². The van der Waals surface area contributed by atoms with Gasteiger partial charge in [0.2, 0.25) is 5.89 Å². The number of alkyl halides is 2. The molecule has 4 aromatic rings. The first kappa shape index (κ1) is 15.7. The fourth-order valence-electron chi connectivity index (χ4n) is 3.34. The van der Waals surface area contributed by atoms with Gasteiger partial charge in [0.1, 0.15) is 11.2 Å². The highest BCUT2D eigenvalue weighted by Gasteiger charge is 2.41. The number of amides is 1. The zero-order valence-electron chi connectivity index (χ0n) is 13.7. The number of para-hydroxylation sites is 2. The molecule has 10 heteroatoms. The minimum Gasteiger partial charge on any atom is -0.438 e. The molecule has 0 fully saturated rings. The molecule has 1 N–H and O–H groups in total. The number of rotatable bonds is 3. The summed E-state index contributed by atoms with van der Waals surface area (Å²) in [6.07, 6.45) is 2.69. The third-order valence-electron chi connectivity index (χ3n) is 4.53. The van der Waals surface area contributed by atoms with Gasteiger partial charge in [0.15, 0.2) is 11.6 Å². The number of carbonyl (C=O) groups is 1. The van der Waals surface area contributed by atoms with Crippen LogP contribution in [0.4, 0.5) is 8.78 Å². The Morgan fingerprint density at radius 2 is 2.15 bits per heavy atom. The maximum atomic E-state index is 13.2. The van der Waals surface area contributed by atoms with Gasteiger partial charge in [-0.2, -0.15) is 18.6 Å². The first-order valence-corrected chi connectivity index (χ1v) is 8.13. The third kappa shape index (κ3) is 2.33. The summed E-state index contributed by atoms with van der Waals surface area (Å²) < 4.78 is 32.5. The Kier molecular flexibility index (Phi) is 3.33. The van der Waals surface area contributed by atoms with Crippen molar-refractivity contribution >= 4 is 17.0 Å². The second-order valence-corrected chi connectivity index (χ2v) is 6.06. The maximum Gasteiger partial charge on any atom is 0.333 e. The topological polar surface area (TPSA) is 92.8 Å². The van der Waals surface area contributed by atoms with E-state index in [1.165, 1.54) is 23.5 Å². The number of H-pyrrole nitrogens is 1. The van der Waals surface area contributed by atoms with Crippen molar-refractivity contribution in [1.82, 2.24) is 29.6 Å². The van der Waals surface area contributed by atoms with Crippen molar-refractivity contribution in [3.05, 3.63) is 65.8 Å². The Labute approximate surface area is 150 Å². The van der Waals surface area contributed by atoms with Crippen LogP contribution in [-0.4, -0.2) is 35.5 Å². The summed E-state index contributed by atoms with van der Waals surface area (Å²) in [7, 11) is 0. The Balaban J connectivity index is 1.60. The van der Waals surface area contributed by atoms with Crippen molar-refractivity contribution in [3.63, 3.8) is 0 Å². The second-order valence-electron chi connectivity index (χ2n) is 6.06. The normalized spacial score (nSPS) is 16.4. The summed E-state index contributed by atoms with van der Waals surface area (Å²) in [5, 5.41) is 3.53. The SMILES string of the molecule is O=C(c1ccnn1C(F)F)N1Cc2[nH]cnc2[C@H]1c1nc2ccccc2o1. The van der Waals surface area contributed by atoms with Gasteiger partial charge in [0.05, 0.1) is 24.3 Å². The lowest BCUT2D eigenvalue weighted by Gasteiger charge is -2.22. The van der Waals surface area contributed by atoms with Crippen LogP contribution in [0.3, 0.4) is 0 Å². The van der Waals surface area contributed by atoms with E-state index in [0.29, 0.717) is 27.2 Å². The Hall–Kier alpha value is -3.56. The number of aromatic amines is 1. The minimum atomic E-state index is -2.92. The molecule has 27 heavy (non-hydrogen) atoms. The number of nitrogens with one attached hydrogen (secondary N) is 1. The lowest BCUT2D eigenvalue weighted by molar-refractivity contribution is 0.0445. The quantitative estimate of drug-likeness (QED) is 0.599. The van der Waals surface area contributed by atoms with Crippen LogP contribution in [0.15, 0.2) is 47.3 Å². The molecule has 0 unspecified atom stereocenters. The van der Waals surface area contributed by atoms with Crippen LogP contribution in [0.5, 0.6) is 0 Å². The van der Waals surface area contributed by atoms with E-state index >= 15 is 0 Å². The molecule has 8 nitrogen and oxygen atoms in total. The van der Waals surface area contributed by atoms with E-state index in [2.05, 4.69) is 20.1 Å². The monoisotopic (exact) mass is 370 g/mol. The van der Waals surface area contributed by atoms with E-state index < -0.39 is 18.5 Å². The summed E-state index contributed by atoms with van der Waals surface area (Å²) in [6.45, 7) is -2.74. The molecule has 1 aromatic carbocycles. The molecule has 0 saturated carbocycles. The van der Waals surface area contributed by atoms with Gasteiger partial charge in [-0.3, -0.25) is 4.79 Å². The highest BCUT2D eigenvalue weighted by molar-refractivity contribution is 5.93. The van der Waals surface area contributed by atoms with Crippen LogP contribution in [0, 0.1) is 0 Å². The molecule has 136 valence electrons. The molecule has 0 aliphatic carbocycles. The van der Waals surface area contributed by atoms with Crippen LogP contribution < -0.4 is 0 Å². The molecule has 3 aromatic heterocycles. The number of fused-ring (bicyclic) bond motifs is 2. The van der Waals surface area contributed by atoms with Crippen LogP contribution in [0.2, 0.25) is 0 Å². The lowest BCUT2D eigenvalue weighted by Crippen LogP contribution is -2.32. The summed E-state index contributed by atoms with van der Waals surface area (Å²) in [4.78, 5) is 26.1. The number of imidazole rings is 1. The Morgan fingerprint density at radius 3 is 2.96 bits per heavy atom. The molecule has 1 aliphatic heterocycles. The second kappa shape index (κ2) is 5.73. The molecular weight excluding hydrogens is 358 g/mol. The number of nitrogens with zero attached hydrogens (tertiary/aromatic N) is 5. The number of oxazole rings is 1. The summed E-state index contributed by atoms with van der Waals surface area (Å²) in [5.74, 6) is -0.329. The van der Waals surface area contributed by atoms with Crippen LogP contribution >= 0.6 is 0 Å². The smallest absolute Gasteiger partial charge is 0.333 e. The van der Waals surface area contributed by atoms with Crippen LogP contribution in [0.1, 0.15) is 40.4 Å². The predicted molar refractivity (Wildman–Crippen MR) is 87.8 cm³/mol. The molecule has 1 amide bonds. The molecule has 0 bridgehead atoms. The molecule has 0 radical (unpaired) electrons. The fourth-order valence-corrected chi connectivity index (χ4v) is 3.34. The molecular formula is C17H12F2N6O2. The van der Waals surface area contributed by atoms with E-state index in [1.54, 1.807) is 12.1 Å². The summed E-state index contributed by atoms with van der Waals surface area (Å²) in [6, 6.07) is 7.75. The molecule has 4 heterocycles. The van der Waals surface area contributed by atoms with Gasteiger partial charge in [-0.25, -0.2) is 9.97 Å². The van der Waals surface area contributed by atoms with E-state index in [0.717, 1.165) is 0 Å². The minimum absolute atomic E-state index is 0.173. The molecule has 1 aliphatic rings. The van der Waals surface area contributed by atoms with Gasteiger partial charge in [0.25, 0.3) is 5.91 Å². The van der Waals surface area contributed by atoms with Gasteiger partial charge in [-0.1, -0.05) is 12.1 Å². The largest absolute Gasteiger partial charge is 0.438 e. The number of halogens is 2. The third-order valence-corrected chi connectivity index (χ3v) is 4.53. The highest BCUT2D eigenvalue weighted by Crippen LogP contribution is 2.38. The first-order valence-electron chi connectivity index (χ1n) is 8.13. The number of aromatic nitrogens is 5. The van der Waals surface area contributed by atoms with Crippen molar-refractivity contribution in [2.75, 3.05) is 0 Å². The Bertz CT molecular complexity index is 1110. The maximum absolute atomic E-state index is 13.2. The van der Waals surface area contributed by atoms with Crippen molar-refractivity contribution in [1.29, 1.82) is 0 Å². The van der Waals surface area contributed by atoms with E-state index in [4.69, 9.17) is 4.42 Å². The summed E-state index contributed by atoms with van der Waals surface area (Å²) in [5.41, 5.74) is 2.29. The number of hydrogen-bond acceptors (Lipinski definition) is 5. The van der Waals surface area contributed by atoms with Crippen LogP contribution in [-0.2, 0) is 6.54 Å². The standard InChI is InChI=1S/C17H12F2N6O2/c18-17(19)25-11(5-6-22-25)16(26)24-7-10-13(21-8-20-10)14(24)15-23-9-3-1-2-4-12(9)27-15/h1-6,8,14,17H,7H2,(H,20,21)/t14-/m0/s1. The van der Waals surface area contributed by atoms with Crippen molar-refractivity contribution in [3.8, 4) is 0 Å². The van der Waals surface area contributed by atoms with E-state index in [-0.39, 0.29) is 18.1 Å². The zero-order chi connectivity index (χ0) is 18.5. The number of hydrogen-bond donors (Lipinski definition) is 1. The van der Waals surface area contributed by atoms with E-state index in [1.807, 2.05) is 12.1 Å². The lowest BCUT2D eigenvalue weighted by atomic mass is 10.2. The predicted octanol–water partition coefficient (Wildman–Crippen LogP) is 2.89. The van der Waals surface area contributed by atoms with Crippen molar-refractivity contribution in [2.45, 2.75) is 19.1 Å². The first-order chi connectivity index (χ1) is 13.1. The average Bonchev–Trinajstić information content (AvgIpc) is 3.41. The van der Waals surface area contributed by atoms with Crippen molar-refractivity contribution < 1.29 is 18.0 Å². The number of benzene rings is 1. The molecule has 0 spiro atoms. The average molecular weight is 370 g/mol. The van der Waals surface area contributed by atoms with Gasteiger partial charge < -0.3 is 14.3 Å². The summed E-state index contributed by atoms with van der Waals surface area (Å²) >= 11 is 0.